The van der Waals surface area contributed by atoms with E-state index in [2.05, 4.69) is 23.8 Å². The molecule has 60 valence electrons. The van der Waals surface area contributed by atoms with E-state index in [0.29, 0.717) is 11.6 Å². The van der Waals surface area contributed by atoms with Crippen molar-refractivity contribution in [2.75, 3.05) is 0 Å². The maximum Gasteiger partial charge on any atom is 0.167 e. The van der Waals surface area contributed by atoms with Crippen molar-refractivity contribution in [3.8, 4) is 0 Å². The van der Waals surface area contributed by atoms with Gasteiger partial charge in [0.2, 0.25) is 0 Å². The molecule has 1 N–H and O–H groups in total. The highest BCUT2D eigenvalue weighted by Gasteiger charge is 2.05. The molecule has 1 aromatic rings. The first-order valence-corrected chi connectivity index (χ1v) is 3.78. The van der Waals surface area contributed by atoms with Crippen LogP contribution in [0.3, 0.4) is 0 Å². The minimum Gasteiger partial charge on any atom is -0.340 e. The molecule has 1 atom stereocenters. The summed E-state index contributed by atoms with van der Waals surface area (Å²) in [6.45, 7) is 4.17. The highest BCUT2D eigenvalue weighted by Crippen LogP contribution is 2.13. The molecule has 0 radical (unpaired) electrons. The summed E-state index contributed by atoms with van der Waals surface area (Å²) in [5.41, 5.74) is 0.556. The van der Waals surface area contributed by atoms with E-state index in [1.54, 1.807) is 6.20 Å². The number of aldehydes is 1. The molecule has 1 heterocycles. The third kappa shape index (κ3) is 1.67. The highest BCUT2D eigenvalue weighted by molar-refractivity contribution is 5.71. The van der Waals surface area contributed by atoms with Gasteiger partial charge in [-0.25, -0.2) is 4.98 Å². The van der Waals surface area contributed by atoms with Gasteiger partial charge in [0.15, 0.2) is 6.29 Å². The second kappa shape index (κ2) is 3.32. The topological polar surface area (TPSA) is 45.8 Å². The SMILES string of the molecule is CC[C@H](C)c1ncc(C=O)[nH]1. The smallest absolute Gasteiger partial charge is 0.167 e. The van der Waals surface area contributed by atoms with Crippen LogP contribution in [0, 0.1) is 0 Å². The molecule has 0 aliphatic heterocycles. The predicted molar refractivity (Wildman–Crippen MR) is 42.7 cm³/mol. The van der Waals surface area contributed by atoms with Crippen molar-refractivity contribution in [2.24, 2.45) is 0 Å². The number of nitrogens with zero attached hydrogens (tertiary/aromatic N) is 1. The van der Waals surface area contributed by atoms with E-state index in [1.807, 2.05) is 0 Å². The lowest BCUT2D eigenvalue weighted by atomic mass is 10.1. The molecular weight excluding hydrogens is 140 g/mol. The van der Waals surface area contributed by atoms with Gasteiger partial charge in [-0.3, -0.25) is 4.79 Å². The summed E-state index contributed by atoms with van der Waals surface area (Å²) < 4.78 is 0. The van der Waals surface area contributed by atoms with Gasteiger partial charge in [-0.05, 0) is 6.42 Å². The molecule has 1 aromatic heterocycles. The number of imidazole rings is 1. The first-order chi connectivity index (χ1) is 5.27. The van der Waals surface area contributed by atoms with Crippen LogP contribution in [0.15, 0.2) is 6.20 Å². The lowest BCUT2D eigenvalue weighted by Gasteiger charge is -2.01. The predicted octanol–water partition coefficient (Wildman–Crippen LogP) is 1.74. The summed E-state index contributed by atoms with van der Waals surface area (Å²) in [6.07, 6.45) is 3.37. The van der Waals surface area contributed by atoms with Crippen LogP contribution < -0.4 is 0 Å². The Hall–Kier alpha value is -1.12. The van der Waals surface area contributed by atoms with Crippen molar-refractivity contribution in [1.29, 1.82) is 0 Å². The third-order valence-electron chi connectivity index (χ3n) is 1.82. The van der Waals surface area contributed by atoms with Gasteiger partial charge in [-0.2, -0.15) is 0 Å². The Morgan fingerprint density at radius 3 is 3.00 bits per heavy atom. The lowest BCUT2D eigenvalue weighted by Crippen LogP contribution is -1.93. The number of hydrogen-bond acceptors (Lipinski definition) is 2. The van der Waals surface area contributed by atoms with Crippen molar-refractivity contribution >= 4 is 6.29 Å². The Morgan fingerprint density at radius 2 is 2.55 bits per heavy atom. The molecule has 0 spiro atoms. The van der Waals surface area contributed by atoms with Crippen LogP contribution in [0.2, 0.25) is 0 Å². The van der Waals surface area contributed by atoms with E-state index in [0.717, 1.165) is 18.5 Å². The van der Waals surface area contributed by atoms with Crippen molar-refractivity contribution in [1.82, 2.24) is 9.97 Å². The third-order valence-corrected chi connectivity index (χ3v) is 1.82. The number of H-pyrrole nitrogens is 1. The molecule has 0 aliphatic rings. The van der Waals surface area contributed by atoms with Gasteiger partial charge in [-0.15, -0.1) is 0 Å². The van der Waals surface area contributed by atoms with Crippen molar-refractivity contribution in [2.45, 2.75) is 26.2 Å². The number of hydrogen-bond donors (Lipinski definition) is 1. The summed E-state index contributed by atoms with van der Waals surface area (Å²) in [4.78, 5) is 17.3. The molecule has 0 saturated carbocycles. The number of carbonyl (C=O) groups excluding carboxylic acids is 1. The van der Waals surface area contributed by atoms with Crippen LogP contribution in [0.4, 0.5) is 0 Å². The van der Waals surface area contributed by atoms with Crippen LogP contribution in [0.1, 0.15) is 42.5 Å². The van der Waals surface area contributed by atoms with Crippen molar-refractivity contribution in [3.05, 3.63) is 17.7 Å². The van der Waals surface area contributed by atoms with Crippen LogP contribution in [0.5, 0.6) is 0 Å². The zero-order valence-corrected chi connectivity index (χ0v) is 6.79. The average Bonchev–Trinajstić information content (AvgIpc) is 2.50. The lowest BCUT2D eigenvalue weighted by molar-refractivity contribution is 0.111. The minimum atomic E-state index is 0.406. The van der Waals surface area contributed by atoms with E-state index < -0.39 is 0 Å². The van der Waals surface area contributed by atoms with Gasteiger partial charge in [-0.1, -0.05) is 13.8 Å². The van der Waals surface area contributed by atoms with Gasteiger partial charge in [0.1, 0.15) is 5.82 Å². The molecule has 0 amide bonds. The average molecular weight is 152 g/mol. The molecule has 0 bridgehead atoms. The first-order valence-electron chi connectivity index (χ1n) is 3.78. The van der Waals surface area contributed by atoms with Gasteiger partial charge < -0.3 is 4.98 Å². The fourth-order valence-electron chi connectivity index (χ4n) is 0.855. The van der Waals surface area contributed by atoms with Crippen LogP contribution in [0.25, 0.3) is 0 Å². The summed E-state index contributed by atoms with van der Waals surface area (Å²) in [6, 6.07) is 0. The van der Waals surface area contributed by atoms with Gasteiger partial charge in [0.05, 0.1) is 11.9 Å². The van der Waals surface area contributed by atoms with Crippen LogP contribution >= 0.6 is 0 Å². The Balaban J connectivity index is 2.79. The summed E-state index contributed by atoms with van der Waals surface area (Å²) >= 11 is 0. The van der Waals surface area contributed by atoms with Gasteiger partial charge >= 0.3 is 0 Å². The molecule has 3 heteroatoms. The number of aromatic amines is 1. The molecule has 11 heavy (non-hydrogen) atoms. The molecule has 1 rings (SSSR count). The van der Waals surface area contributed by atoms with Crippen molar-refractivity contribution in [3.63, 3.8) is 0 Å². The largest absolute Gasteiger partial charge is 0.340 e. The van der Waals surface area contributed by atoms with Crippen LogP contribution in [-0.4, -0.2) is 16.3 Å². The summed E-state index contributed by atoms with van der Waals surface area (Å²) in [5, 5.41) is 0. The highest BCUT2D eigenvalue weighted by atomic mass is 16.1. The zero-order chi connectivity index (χ0) is 8.27. The molecule has 0 aliphatic carbocycles. The maximum atomic E-state index is 10.3. The Bertz CT molecular complexity index is 242. The standard InChI is InChI=1S/C8H12N2O/c1-3-6(2)8-9-4-7(5-11)10-8/h4-6H,3H2,1-2H3,(H,9,10)/t6-/m0/s1. The summed E-state index contributed by atoms with van der Waals surface area (Å²) in [7, 11) is 0. The quantitative estimate of drug-likeness (QED) is 0.670. The Kier molecular flexibility index (Phi) is 2.41. The molecule has 3 nitrogen and oxygen atoms in total. The van der Waals surface area contributed by atoms with Gasteiger partial charge in [0, 0.05) is 5.92 Å². The Labute approximate surface area is 65.8 Å². The number of nitrogens with one attached hydrogen (secondary N) is 1. The first kappa shape index (κ1) is 7.98. The molecular formula is C8H12N2O. The number of aromatic nitrogens is 2. The van der Waals surface area contributed by atoms with Crippen molar-refractivity contribution < 1.29 is 4.79 Å². The molecule has 0 saturated heterocycles. The number of rotatable bonds is 3. The molecule has 0 fully saturated rings. The van der Waals surface area contributed by atoms with E-state index in [1.165, 1.54) is 0 Å². The molecule has 0 unspecified atom stereocenters. The normalized spacial score (nSPS) is 12.9. The maximum absolute atomic E-state index is 10.3. The monoisotopic (exact) mass is 152 g/mol. The second-order valence-electron chi connectivity index (χ2n) is 2.65. The van der Waals surface area contributed by atoms with Crippen LogP contribution in [-0.2, 0) is 0 Å². The molecule has 0 aromatic carbocycles. The fraction of sp³-hybridized carbons (Fsp3) is 0.500. The minimum absolute atomic E-state index is 0.406. The van der Waals surface area contributed by atoms with E-state index in [-0.39, 0.29) is 0 Å². The Morgan fingerprint density at radius 1 is 1.82 bits per heavy atom. The number of carbonyl (C=O) groups is 1. The van der Waals surface area contributed by atoms with Gasteiger partial charge in [0.25, 0.3) is 0 Å². The second-order valence-corrected chi connectivity index (χ2v) is 2.65. The fourth-order valence-corrected chi connectivity index (χ4v) is 0.855. The van der Waals surface area contributed by atoms with E-state index in [4.69, 9.17) is 0 Å². The summed E-state index contributed by atoms with van der Waals surface area (Å²) in [5.74, 6) is 1.30. The van der Waals surface area contributed by atoms with E-state index >= 15 is 0 Å². The zero-order valence-electron chi connectivity index (χ0n) is 6.79. The van der Waals surface area contributed by atoms with E-state index in [9.17, 15) is 4.79 Å².